The third-order valence-electron chi connectivity index (χ3n) is 5.03. The smallest absolute Gasteiger partial charge is 0.303 e. The largest absolute Gasteiger partial charge is 0.481 e. The molecule has 4 bridgehead atoms. The molecule has 2 nitrogen and oxygen atoms in total. The van der Waals surface area contributed by atoms with Crippen LogP contribution in [0.3, 0.4) is 0 Å². The Morgan fingerprint density at radius 3 is 1.93 bits per heavy atom. The molecule has 15 heavy (non-hydrogen) atoms. The molecule has 0 atom stereocenters. The molecule has 4 fully saturated rings. The number of carbonyl (C=O) groups is 1. The van der Waals surface area contributed by atoms with Gasteiger partial charge < -0.3 is 5.11 Å². The second-order valence-electron chi connectivity index (χ2n) is 6.31. The molecule has 0 amide bonds. The van der Waals surface area contributed by atoms with Crippen molar-refractivity contribution in [2.45, 2.75) is 51.4 Å². The second kappa shape index (κ2) is 3.23. The Labute approximate surface area is 91.1 Å². The highest BCUT2D eigenvalue weighted by Gasteiger charge is 2.50. The van der Waals surface area contributed by atoms with Crippen LogP contribution in [-0.4, -0.2) is 11.1 Å². The van der Waals surface area contributed by atoms with Gasteiger partial charge in [-0.1, -0.05) is 0 Å². The minimum Gasteiger partial charge on any atom is -0.481 e. The number of hydrogen-bond donors (Lipinski definition) is 1. The van der Waals surface area contributed by atoms with E-state index >= 15 is 0 Å². The summed E-state index contributed by atoms with van der Waals surface area (Å²) in [6, 6.07) is 0. The molecule has 0 spiro atoms. The summed E-state index contributed by atoms with van der Waals surface area (Å²) in [5, 5.41) is 8.82. The lowest BCUT2D eigenvalue weighted by atomic mass is 9.48. The molecule has 0 radical (unpaired) electrons. The van der Waals surface area contributed by atoms with Gasteiger partial charge in [0.25, 0.3) is 0 Å². The van der Waals surface area contributed by atoms with Gasteiger partial charge in [-0.3, -0.25) is 4.79 Å². The van der Waals surface area contributed by atoms with E-state index in [0.717, 1.165) is 24.2 Å². The molecule has 84 valence electrons. The summed E-state index contributed by atoms with van der Waals surface area (Å²) in [6.07, 6.45) is 9.72. The van der Waals surface area contributed by atoms with Gasteiger partial charge in [-0.05, 0) is 68.1 Å². The predicted octanol–water partition coefficient (Wildman–Crippen LogP) is 3.07. The van der Waals surface area contributed by atoms with Crippen LogP contribution >= 0.6 is 0 Å². The van der Waals surface area contributed by atoms with E-state index in [1.54, 1.807) is 0 Å². The van der Waals surface area contributed by atoms with Crippen LogP contribution in [0.1, 0.15) is 51.4 Å². The zero-order valence-electron chi connectivity index (χ0n) is 9.24. The van der Waals surface area contributed by atoms with Gasteiger partial charge in [0.1, 0.15) is 0 Å². The molecule has 0 unspecified atom stereocenters. The Bertz CT molecular complexity index is 247. The highest BCUT2D eigenvalue weighted by atomic mass is 16.4. The maximum atomic E-state index is 10.7. The summed E-state index contributed by atoms with van der Waals surface area (Å²) in [5.41, 5.74) is 0.452. The van der Waals surface area contributed by atoms with Gasteiger partial charge in [0.15, 0.2) is 0 Å². The average molecular weight is 208 g/mol. The SMILES string of the molecule is O=C(O)CCC12CC3CC(CC(C3)C1)C2. The first kappa shape index (κ1) is 9.68. The van der Waals surface area contributed by atoms with Crippen molar-refractivity contribution in [3.63, 3.8) is 0 Å². The van der Waals surface area contributed by atoms with Crippen LogP contribution in [0.4, 0.5) is 0 Å². The highest BCUT2D eigenvalue weighted by molar-refractivity contribution is 5.66. The first-order chi connectivity index (χ1) is 7.15. The Morgan fingerprint density at radius 1 is 1.07 bits per heavy atom. The Morgan fingerprint density at radius 2 is 1.53 bits per heavy atom. The third-order valence-corrected chi connectivity index (χ3v) is 5.03. The molecule has 0 aliphatic heterocycles. The van der Waals surface area contributed by atoms with Crippen molar-refractivity contribution >= 4 is 5.97 Å². The molecule has 2 heteroatoms. The van der Waals surface area contributed by atoms with Crippen molar-refractivity contribution in [3.8, 4) is 0 Å². The van der Waals surface area contributed by atoms with Crippen LogP contribution in [0.15, 0.2) is 0 Å². The van der Waals surface area contributed by atoms with E-state index in [4.69, 9.17) is 5.11 Å². The molecule has 4 aliphatic carbocycles. The van der Waals surface area contributed by atoms with Crippen molar-refractivity contribution < 1.29 is 9.90 Å². The van der Waals surface area contributed by atoms with Gasteiger partial charge >= 0.3 is 5.97 Å². The van der Waals surface area contributed by atoms with E-state index in [0.29, 0.717) is 11.8 Å². The number of carboxylic acids is 1. The van der Waals surface area contributed by atoms with Crippen LogP contribution < -0.4 is 0 Å². The van der Waals surface area contributed by atoms with E-state index in [1.807, 2.05) is 0 Å². The summed E-state index contributed by atoms with van der Waals surface area (Å²) >= 11 is 0. The van der Waals surface area contributed by atoms with Gasteiger partial charge in [-0.2, -0.15) is 0 Å². The monoisotopic (exact) mass is 208 g/mol. The van der Waals surface area contributed by atoms with Gasteiger partial charge in [-0.25, -0.2) is 0 Å². The van der Waals surface area contributed by atoms with Crippen LogP contribution in [0.2, 0.25) is 0 Å². The summed E-state index contributed by atoms with van der Waals surface area (Å²) in [6.45, 7) is 0. The van der Waals surface area contributed by atoms with E-state index in [2.05, 4.69) is 0 Å². The van der Waals surface area contributed by atoms with Gasteiger partial charge in [-0.15, -0.1) is 0 Å². The fourth-order valence-corrected chi connectivity index (χ4v) is 4.97. The maximum Gasteiger partial charge on any atom is 0.303 e. The van der Waals surface area contributed by atoms with Gasteiger partial charge in [0.2, 0.25) is 0 Å². The number of carboxylic acid groups (broad SMARTS) is 1. The number of aliphatic carboxylic acids is 1. The normalized spacial score (nSPS) is 47.1. The zero-order chi connectivity index (χ0) is 10.5. The second-order valence-corrected chi connectivity index (χ2v) is 6.31. The molecular formula is C13H20O2. The van der Waals surface area contributed by atoms with E-state index in [9.17, 15) is 4.79 Å². The number of hydrogen-bond acceptors (Lipinski definition) is 1. The molecule has 1 N–H and O–H groups in total. The summed E-state index contributed by atoms with van der Waals surface area (Å²) < 4.78 is 0. The first-order valence-corrected chi connectivity index (χ1v) is 6.37. The lowest BCUT2D eigenvalue weighted by molar-refractivity contribution is -0.139. The van der Waals surface area contributed by atoms with E-state index in [-0.39, 0.29) is 0 Å². The highest BCUT2D eigenvalue weighted by Crippen LogP contribution is 2.61. The summed E-state index contributed by atoms with van der Waals surface area (Å²) in [7, 11) is 0. The standard InChI is InChI=1S/C13H20O2/c14-12(15)1-2-13-6-9-3-10(7-13)5-11(4-9)8-13/h9-11H,1-8H2,(H,14,15). The molecular weight excluding hydrogens is 188 g/mol. The van der Waals surface area contributed by atoms with Crippen LogP contribution in [0.5, 0.6) is 0 Å². The fourth-order valence-electron chi connectivity index (χ4n) is 4.97. The van der Waals surface area contributed by atoms with E-state index < -0.39 is 5.97 Å². The maximum absolute atomic E-state index is 10.7. The minimum absolute atomic E-state index is 0.395. The van der Waals surface area contributed by atoms with Crippen molar-refractivity contribution in [1.29, 1.82) is 0 Å². The van der Waals surface area contributed by atoms with Crippen LogP contribution in [0.25, 0.3) is 0 Å². The lowest BCUT2D eigenvalue weighted by Gasteiger charge is -2.57. The molecule has 4 rings (SSSR count). The quantitative estimate of drug-likeness (QED) is 0.774. The Kier molecular flexibility index (Phi) is 2.08. The predicted molar refractivity (Wildman–Crippen MR) is 57.5 cm³/mol. The van der Waals surface area contributed by atoms with E-state index in [1.165, 1.54) is 38.5 Å². The molecule has 0 saturated heterocycles. The molecule has 4 aliphatic rings. The molecule has 0 heterocycles. The first-order valence-electron chi connectivity index (χ1n) is 6.37. The average Bonchev–Trinajstić information content (AvgIpc) is 2.12. The van der Waals surface area contributed by atoms with Crippen LogP contribution in [-0.2, 0) is 4.79 Å². The van der Waals surface area contributed by atoms with Crippen molar-refractivity contribution in [1.82, 2.24) is 0 Å². The molecule has 0 aromatic heterocycles. The van der Waals surface area contributed by atoms with Gasteiger partial charge in [0, 0.05) is 6.42 Å². The molecule has 0 aromatic rings. The van der Waals surface area contributed by atoms with Crippen molar-refractivity contribution in [3.05, 3.63) is 0 Å². The third kappa shape index (κ3) is 1.68. The van der Waals surface area contributed by atoms with Crippen LogP contribution in [0, 0.1) is 23.2 Å². The number of rotatable bonds is 3. The summed E-state index contributed by atoms with van der Waals surface area (Å²) in [4.78, 5) is 10.7. The zero-order valence-corrected chi connectivity index (χ0v) is 9.24. The molecule has 4 saturated carbocycles. The summed E-state index contributed by atoms with van der Waals surface area (Å²) in [5.74, 6) is 2.24. The lowest BCUT2D eigenvalue weighted by Crippen LogP contribution is -2.46. The minimum atomic E-state index is -0.606. The van der Waals surface area contributed by atoms with Crippen molar-refractivity contribution in [2.24, 2.45) is 23.2 Å². The topological polar surface area (TPSA) is 37.3 Å². The Hall–Kier alpha value is -0.530. The van der Waals surface area contributed by atoms with Gasteiger partial charge in [0.05, 0.1) is 0 Å². The Balaban J connectivity index is 1.72. The fraction of sp³-hybridized carbons (Fsp3) is 0.923. The van der Waals surface area contributed by atoms with Crippen molar-refractivity contribution in [2.75, 3.05) is 0 Å². The molecule has 0 aromatic carbocycles.